The highest BCUT2D eigenvalue weighted by Crippen LogP contribution is 2.68. The molecule has 0 spiro atoms. The average Bonchev–Trinajstić information content (AvgIpc) is 2.89. The van der Waals surface area contributed by atoms with E-state index in [9.17, 15) is 14.7 Å². The summed E-state index contributed by atoms with van der Waals surface area (Å²) in [4.78, 5) is 24.6. The number of allylic oxidation sites excluding steroid dienone is 1. The van der Waals surface area contributed by atoms with Crippen LogP contribution in [-0.2, 0) is 14.3 Å². The molecule has 0 unspecified atom stereocenters. The maximum absolute atomic E-state index is 12.7. The van der Waals surface area contributed by atoms with Crippen LogP contribution < -0.4 is 0 Å². The molecule has 1 N–H and O–H groups in total. The van der Waals surface area contributed by atoms with Crippen LogP contribution >= 0.6 is 0 Å². The van der Waals surface area contributed by atoms with Crippen molar-refractivity contribution in [3.8, 4) is 0 Å². The van der Waals surface area contributed by atoms with E-state index in [-0.39, 0.29) is 28.7 Å². The van der Waals surface area contributed by atoms with Crippen LogP contribution in [0.1, 0.15) is 79.1 Å². The Labute approximate surface area is 162 Å². The predicted octanol–water partition coefficient (Wildman–Crippen LogP) is 4.20. The standard InChI is InChI=1S/C23H34O4/c1-14(24)23(27-15(2)25)12-9-20-18-6-5-16-13-17(26)7-10-21(16,3)19(18)8-11-22(20,23)4/h5,17-20,26H,6-13H2,1-4H3/t17-,18-,19+,20+,21-,22+,23+/m0/s1. The summed E-state index contributed by atoms with van der Waals surface area (Å²) < 4.78 is 5.82. The molecule has 3 saturated carbocycles. The van der Waals surface area contributed by atoms with Crippen molar-refractivity contribution in [1.29, 1.82) is 0 Å². The summed E-state index contributed by atoms with van der Waals surface area (Å²) in [5, 5.41) is 10.1. The van der Waals surface area contributed by atoms with Gasteiger partial charge < -0.3 is 9.84 Å². The molecule has 0 aromatic carbocycles. The van der Waals surface area contributed by atoms with E-state index in [1.807, 2.05) is 0 Å². The molecule has 0 amide bonds. The van der Waals surface area contributed by atoms with Gasteiger partial charge in [-0.15, -0.1) is 0 Å². The van der Waals surface area contributed by atoms with Gasteiger partial charge in [-0.05, 0) is 81.5 Å². The molecular weight excluding hydrogens is 340 g/mol. The van der Waals surface area contributed by atoms with E-state index in [2.05, 4.69) is 19.9 Å². The van der Waals surface area contributed by atoms with E-state index in [0.29, 0.717) is 24.2 Å². The van der Waals surface area contributed by atoms with E-state index in [0.717, 1.165) is 44.9 Å². The van der Waals surface area contributed by atoms with Crippen LogP contribution in [0, 0.1) is 28.6 Å². The Bertz CT molecular complexity index is 696. The SMILES string of the molecule is CC(=O)O[C@@]1(C(C)=O)CC[C@@H]2[C@H]3CC=C4C[C@@H](O)CC[C@]4(C)[C@@H]3CC[C@]21C. The molecule has 0 aromatic rings. The lowest BCUT2D eigenvalue weighted by molar-refractivity contribution is -0.186. The first-order valence-electron chi connectivity index (χ1n) is 10.7. The van der Waals surface area contributed by atoms with Gasteiger partial charge in [-0.3, -0.25) is 9.59 Å². The average molecular weight is 375 g/mol. The number of esters is 1. The molecule has 0 bridgehead atoms. The number of ether oxygens (including phenoxy) is 1. The Kier molecular flexibility index (Phi) is 4.38. The van der Waals surface area contributed by atoms with Crippen molar-refractivity contribution in [2.75, 3.05) is 0 Å². The summed E-state index contributed by atoms with van der Waals surface area (Å²) in [6, 6.07) is 0. The van der Waals surface area contributed by atoms with Crippen LogP contribution in [-0.4, -0.2) is 28.6 Å². The zero-order chi connectivity index (χ0) is 19.6. The van der Waals surface area contributed by atoms with Gasteiger partial charge >= 0.3 is 5.97 Å². The van der Waals surface area contributed by atoms with Crippen LogP contribution in [0.4, 0.5) is 0 Å². The summed E-state index contributed by atoms with van der Waals surface area (Å²) in [5.41, 5.74) is 0.442. The van der Waals surface area contributed by atoms with Gasteiger partial charge in [0, 0.05) is 12.3 Å². The molecule has 0 radical (unpaired) electrons. The molecule has 7 atom stereocenters. The van der Waals surface area contributed by atoms with Crippen molar-refractivity contribution in [3.05, 3.63) is 11.6 Å². The Morgan fingerprint density at radius 2 is 1.78 bits per heavy atom. The molecular formula is C23H34O4. The summed E-state index contributed by atoms with van der Waals surface area (Å²) in [7, 11) is 0. The third kappa shape index (κ3) is 2.51. The van der Waals surface area contributed by atoms with Crippen LogP contribution in [0.15, 0.2) is 11.6 Å². The van der Waals surface area contributed by atoms with Crippen molar-refractivity contribution in [2.45, 2.75) is 90.8 Å². The van der Waals surface area contributed by atoms with E-state index in [4.69, 9.17) is 4.74 Å². The predicted molar refractivity (Wildman–Crippen MR) is 103 cm³/mol. The van der Waals surface area contributed by atoms with Crippen LogP contribution in [0.3, 0.4) is 0 Å². The second-order valence-corrected chi connectivity index (χ2v) is 10.1. The third-order valence-electron chi connectivity index (χ3n) is 9.08. The van der Waals surface area contributed by atoms with Crippen molar-refractivity contribution in [1.82, 2.24) is 0 Å². The second-order valence-electron chi connectivity index (χ2n) is 10.1. The highest BCUT2D eigenvalue weighted by Gasteiger charge is 2.67. The first-order valence-corrected chi connectivity index (χ1v) is 10.7. The minimum atomic E-state index is -0.942. The number of carbonyl (C=O) groups excluding carboxylic acids is 2. The monoisotopic (exact) mass is 374 g/mol. The van der Waals surface area contributed by atoms with Gasteiger partial charge in [0.15, 0.2) is 11.4 Å². The zero-order valence-electron chi connectivity index (χ0n) is 17.2. The van der Waals surface area contributed by atoms with Gasteiger partial charge in [0.05, 0.1) is 6.10 Å². The largest absolute Gasteiger partial charge is 0.451 e. The Morgan fingerprint density at radius 1 is 1.07 bits per heavy atom. The number of Topliss-reactive ketones (excluding diaryl/α,β-unsaturated/α-hetero) is 1. The minimum absolute atomic E-state index is 0.0141. The maximum Gasteiger partial charge on any atom is 0.303 e. The fourth-order valence-electron chi connectivity index (χ4n) is 7.70. The minimum Gasteiger partial charge on any atom is -0.451 e. The van der Waals surface area contributed by atoms with Crippen molar-refractivity contribution >= 4 is 11.8 Å². The van der Waals surface area contributed by atoms with E-state index in [1.54, 1.807) is 6.92 Å². The maximum atomic E-state index is 12.7. The van der Waals surface area contributed by atoms with E-state index < -0.39 is 5.60 Å². The topological polar surface area (TPSA) is 63.6 Å². The van der Waals surface area contributed by atoms with Gasteiger partial charge in [0.2, 0.25) is 0 Å². The normalized spacial score (nSPS) is 48.7. The Hall–Kier alpha value is -1.16. The summed E-state index contributed by atoms with van der Waals surface area (Å²) >= 11 is 0. The summed E-state index contributed by atoms with van der Waals surface area (Å²) in [5.74, 6) is 1.25. The number of fused-ring (bicyclic) bond motifs is 5. The van der Waals surface area contributed by atoms with Crippen LogP contribution in [0.25, 0.3) is 0 Å². The molecule has 4 aliphatic carbocycles. The summed E-state index contributed by atoms with van der Waals surface area (Å²) in [6.07, 6.45) is 9.68. The van der Waals surface area contributed by atoms with Crippen molar-refractivity contribution in [2.24, 2.45) is 28.6 Å². The molecule has 4 aliphatic rings. The lowest BCUT2D eigenvalue weighted by atomic mass is 9.46. The molecule has 0 saturated heterocycles. The second kappa shape index (κ2) is 6.17. The Balaban J connectivity index is 1.70. The molecule has 0 heterocycles. The smallest absolute Gasteiger partial charge is 0.303 e. The molecule has 4 heteroatoms. The fraction of sp³-hybridized carbons (Fsp3) is 0.826. The molecule has 150 valence electrons. The number of rotatable bonds is 2. The first kappa shape index (κ1) is 19.2. The fourth-order valence-corrected chi connectivity index (χ4v) is 7.70. The molecule has 4 rings (SSSR count). The van der Waals surface area contributed by atoms with Crippen LogP contribution in [0.5, 0.6) is 0 Å². The summed E-state index contributed by atoms with van der Waals surface area (Å²) in [6.45, 7) is 7.64. The number of aliphatic hydroxyl groups is 1. The third-order valence-corrected chi connectivity index (χ3v) is 9.08. The molecule has 3 fully saturated rings. The number of ketones is 1. The number of aliphatic hydroxyl groups excluding tert-OH is 1. The lowest BCUT2D eigenvalue weighted by Gasteiger charge is -2.59. The van der Waals surface area contributed by atoms with Gasteiger partial charge in [-0.1, -0.05) is 25.5 Å². The number of hydrogen-bond acceptors (Lipinski definition) is 4. The number of hydrogen-bond donors (Lipinski definition) is 1. The molecule has 0 aliphatic heterocycles. The van der Waals surface area contributed by atoms with Gasteiger partial charge in [0.25, 0.3) is 0 Å². The quantitative estimate of drug-likeness (QED) is 0.581. The van der Waals surface area contributed by atoms with Crippen molar-refractivity contribution in [3.63, 3.8) is 0 Å². The van der Waals surface area contributed by atoms with Gasteiger partial charge in [-0.25, -0.2) is 0 Å². The molecule has 0 aromatic heterocycles. The molecule has 4 nitrogen and oxygen atoms in total. The lowest BCUT2D eigenvalue weighted by Crippen LogP contribution is -2.58. The van der Waals surface area contributed by atoms with Crippen LogP contribution in [0.2, 0.25) is 0 Å². The highest BCUT2D eigenvalue weighted by atomic mass is 16.6. The van der Waals surface area contributed by atoms with Gasteiger partial charge in [0.1, 0.15) is 0 Å². The van der Waals surface area contributed by atoms with Crippen molar-refractivity contribution < 1.29 is 19.4 Å². The number of carbonyl (C=O) groups is 2. The zero-order valence-corrected chi connectivity index (χ0v) is 17.2. The van der Waals surface area contributed by atoms with E-state index in [1.165, 1.54) is 12.5 Å². The molecule has 27 heavy (non-hydrogen) atoms. The highest BCUT2D eigenvalue weighted by molar-refractivity contribution is 5.89. The first-order chi connectivity index (χ1) is 12.6. The Morgan fingerprint density at radius 3 is 2.44 bits per heavy atom. The van der Waals surface area contributed by atoms with E-state index >= 15 is 0 Å². The van der Waals surface area contributed by atoms with Gasteiger partial charge in [-0.2, -0.15) is 0 Å².